The third-order valence-corrected chi connectivity index (χ3v) is 3.62. The second kappa shape index (κ2) is 9.75. The van der Waals surface area contributed by atoms with Gasteiger partial charge in [0.05, 0.1) is 27.9 Å². The number of hydrogen-bond donors (Lipinski definition) is 2. The number of aromatic hydroxyl groups is 1. The Hall–Kier alpha value is -2.31. The van der Waals surface area contributed by atoms with Gasteiger partial charge in [0.2, 0.25) is 17.2 Å². The van der Waals surface area contributed by atoms with Crippen molar-refractivity contribution < 1.29 is 34.0 Å². The second-order valence-electron chi connectivity index (χ2n) is 5.22. The maximum atomic E-state index is 11.5. The minimum absolute atomic E-state index is 0.0527. The third kappa shape index (κ3) is 4.37. The molecule has 0 saturated heterocycles. The second-order valence-corrected chi connectivity index (χ2v) is 5.22. The van der Waals surface area contributed by atoms with Gasteiger partial charge in [0.15, 0.2) is 17.1 Å². The summed E-state index contributed by atoms with van der Waals surface area (Å²) in [5, 5.41) is 19.7. The normalized spacial score (nSPS) is 10.3. The Morgan fingerprint density at radius 2 is 1.42 bits per heavy atom. The lowest BCUT2D eigenvalue weighted by Gasteiger charge is -2.19. The number of rotatable bonds is 11. The Morgan fingerprint density at radius 3 is 1.92 bits per heavy atom. The Balaban J connectivity index is 3.13. The van der Waals surface area contributed by atoms with Crippen molar-refractivity contribution in [2.75, 3.05) is 27.9 Å². The summed E-state index contributed by atoms with van der Waals surface area (Å²) in [6.07, 6.45) is 5.20. The van der Waals surface area contributed by atoms with Crippen molar-refractivity contribution in [3.05, 3.63) is 5.56 Å². The third-order valence-electron chi connectivity index (χ3n) is 3.62. The average Bonchev–Trinajstić information content (AvgIpc) is 2.57. The smallest absolute Gasteiger partial charge is 0.343 e. The first-order valence-electron chi connectivity index (χ1n) is 7.94. The number of carboxylic acid groups (broad SMARTS) is 1. The fourth-order valence-electron chi connectivity index (χ4n) is 2.43. The molecule has 1 aromatic carbocycles. The summed E-state index contributed by atoms with van der Waals surface area (Å²) in [4.78, 5) is 11.5. The highest BCUT2D eigenvalue weighted by Crippen LogP contribution is 2.53. The summed E-state index contributed by atoms with van der Waals surface area (Å²) in [5.74, 6) is -1.89. The van der Waals surface area contributed by atoms with Crippen molar-refractivity contribution in [1.82, 2.24) is 0 Å². The predicted octanol–water partition coefficient (Wildman–Crippen LogP) is 3.47. The molecule has 0 fully saturated rings. The highest BCUT2D eigenvalue weighted by molar-refractivity contribution is 5.97. The van der Waals surface area contributed by atoms with Gasteiger partial charge in [0, 0.05) is 0 Å². The molecule has 0 bridgehead atoms. The summed E-state index contributed by atoms with van der Waals surface area (Å²) in [7, 11) is 4.03. The van der Waals surface area contributed by atoms with Gasteiger partial charge in [0.25, 0.3) is 0 Å². The van der Waals surface area contributed by atoms with E-state index in [1.165, 1.54) is 21.3 Å². The predicted molar refractivity (Wildman–Crippen MR) is 89.0 cm³/mol. The van der Waals surface area contributed by atoms with E-state index < -0.39 is 17.3 Å². The van der Waals surface area contributed by atoms with Crippen LogP contribution in [-0.4, -0.2) is 44.1 Å². The van der Waals surface area contributed by atoms with Crippen LogP contribution in [0.5, 0.6) is 28.7 Å². The molecular weight excluding hydrogens is 316 g/mol. The monoisotopic (exact) mass is 342 g/mol. The van der Waals surface area contributed by atoms with E-state index in [9.17, 15) is 15.0 Å². The van der Waals surface area contributed by atoms with E-state index in [0.717, 1.165) is 32.1 Å². The van der Waals surface area contributed by atoms with Crippen molar-refractivity contribution in [3.63, 3.8) is 0 Å². The minimum atomic E-state index is -1.35. The molecule has 0 aliphatic carbocycles. The van der Waals surface area contributed by atoms with Crippen molar-refractivity contribution in [1.29, 1.82) is 0 Å². The molecule has 0 saturated carbocycles. The number of ether oxygens (including phenoxy) is 4. The molecule has 1 rings (SSSR count). The van der Waals surface area contributed by atoms with E-state index >= 15 is 0 Å². The van der Waals surface area contributed by atoms with E-state index in [1.54, 1.807) is 0 Å². The summed E-state index contributed by atoms with van der Waals surface area (Å²) in [6.45, 7) is 2.47. The molecule has 136 valence electrons. The van der Waals surface area contributed by atoms with Crippen LogP contribution in [-0.2, 0) is 0 Å². The van der Waals surface area contributed by atoms with Crippen LogP contribution in [0.15, 0.2) is 0 Å². The summed E-state index contributed by atoms with van der Waals surface area (Å²) in [5.41, 5.74) is -0.420. The molecule has 0 spiro atoms. The number of methoxy groups -OCH3 is 3. The Morgan fingerprint density at radius 1 is 0.875 bits per heavy atom. The fourth-order valence-corrected chi connectivity index (χ4v) is 2.43. The molecule has 0 radical (unpaired) electrons. The van der Waals surface area contributed by atoms with Crippen LogP contribution in [0.3, 0.4) is 0 Å². The molecule has 24 heavy (non-hydrogen) atoms. The number of carbonyl (C=O) groups is 1. The van der Waals surface area contributed by atoms with Crippen molar-refractivity contribution in [2.24, 2.45) is 0 Å². The average molecular weight is 342 g/mol. The van der Waals surface area contributed by atoms with Gasteiger partial charge < -0.3 is 29.2 Å². The molecule has 0 atom stereocenters. The van der Waals surface area contributed by atoms with Crippen LogP contribution in [0.25, 0.3) is 0 Å². The van der Waals surface area contributed by atoms with Gasteiger partial charge in [-0.1, -0.05) is 32.6 Å². The van der Waals surface area contributed by atoms with Gasteiger partial charge in [-0.05, 0) is 6.42 Å². The molecule has 0 heterocycles. The first kappa shape index (κ1) is 19.7. The molecular formula is C17H26O7. The van der Waals surface area contributed by atoms with Gasteiger partial charge in [-0.25, -0.2) is 4.79 Å². The number of carboxylic acids is 1. The van der Waals surface area contributed by atoms with E-state index in [1.807, 2.05) is 0 Å². The van der Waals surface area contributed by atoms with Gasteiger partial charge >= 0.3 is 5.97 Å². The zero-order valence-corrected chi connectivity index (χ0v) is 14.7. The van der Waals surface area contributed by atoms with E-state index in [0.29, 0.717) is 6.61 Å². The zero-order chi connectivity index (χ0) is 18.1. The molecule has 7 nitrogen and oxygen atoms in total. The summed E-state index contributed by atoms with van der Waals surface area (Å²) in [6, 6.07) is 0. The molecule has 2 N–H and O–H groups in total. The summed E-state index contributed by atoms with van der Waals surface area (Å²) < 4.78 is 21.1. The van der Waals surface area contributed by atoms with Crippen molar-refractivity contribution in [3.8, 4) is 28.7 Å². The highest BCUT2D eigenvalue weighted by Gasteiger charge is 2.31. The molecule has 0 aromatic heterocycles. The molecule has 0 unspecified atom stereocenters. The lowest BCUT2D eigenvalue weighted by molar-refractivity contribution is 0.0687. The number of unbranched alkanes of at least 4 members (excludes halogenated alkanes) is 4. The Labute approximate surface area is 142 Å². The lowest BCUT2D eigenvalue weighted by Crippen LogP contribution is -2.08. The molecule has 0 aliphatic heterocycles. The molecule has 1 aromatic rings. The Bertz CT molecular complexity index is 555. The molecule has 7 heteroatoms. The highest BCUT2D eigenvalue weighted by atomic mass is 16.6. The first-order chi connectivity index (χ1) is 11.5. The first-order valence-corrected chi connectivity index (χ1v) is 7.94. The molecule has 0 amide bonds. The van der Waals surface area contributed by atoms with Crippen LogP contribution in [0.1, 0.15) is 49.4 Å². The molecule has 0 aliphatic rings. The lowest BCUT2D eigenvalue weighted by atomic mass is 10.1. The Kier molecular flexibility index (Phi) is 8.01. The van der Waals surface area contributed by atoms with E-state index in [2.05, 4.69) is 6.92 Å². The van der Waals surface area contributed by atoms with Gasteiger partial charge in [0.1, 0.15) is 0 Å². The van der Waals surface area contributed by atoms with Crippen LogP contribution in [0.2, 0.25) is 0 Å². The van der Waals surface area contributed by atoms with Gasteiger partial charge in [-0.2, -0.15) is 0 Å². The van der Waals surface area contributed by atoms with Crippen molar-refractivity contribution >= 4 is 5.97 Å². The number of phenols is 1. The zero-order valence-electron chi connectivity index (χ0n) is 14.7. The maximum Gasteiger partial charge on any atom is 0.343 e. The topological polar surface area (TPSA) is 94.5 Å². The number of aromatic carboxylic acids is 1. The number of benzene rings is 1. The van der Waals surface area contributed by atoms with Crippen LogP contribution >= 0.6 is 0 Å². The fraction of sp³-hybridized carbons (Fsp3) is 0.588. The minimum Gasteiger partial charge on any atom is -0.503 e. The standard InChI is InChI=1S/C17H26O7/c1-5-6-7-8-9-10-24-14-12(18)11(17(19)20)13(21-2)15(22-3)16(14)23-4/h18H,5-10H2,1-4H3,(H,19,20). The largest absolute Gasteiger partial charge is 0.503 e. The maximum absolute atomic E-state index is 11.5. The van der Waals surface area contributed by atoms with E-state index in [4.69, 9.17) is 18.9 Å². The van der Waals surface area contributed by atoms with Gasteiger partial charge in [-0.3, -0.25) is 0 Å². The van der Waals surface area contributed by atoms with Gasteiger partial charge in [-0.15, -0.1) is 0 Å². The quantitative estimate of drug-likeness (QED) is 0.595. The SMILES string of the molecule is CCCCCCCOc1c(O)c(C(=O)O)c(OC)c(OC)c1OC. The van der Waals surface area contributed by atoms with Crippen LogP contribution in [0, 0.1) is 0 Å². The van der Waals surface area contributed by atoms with Crippen LogP contribution in [0.4, 0.5) is 0 Å². The number of hydrogen-bond acceptors (Lipinski definition) is 6. The van der Waals surface area contributed by atoms with E-state index in [-0.39, 0.29) is 23.0 Å². The van der Waals surface area contributed by atoms with Crippen molar-refractivity contribution in [2.45, 2.75) is 39.0 Å². The summed E-state index contributed by atoms with van der Waals surface area (Å²) >= 11 is 0. The van der Waals surface area contributed by atoms with Crippen LogP contribution < -0.4 is 18.9 Å².